The molecule has 39 heavy (non-hydrogen) atoms. The molecule has 0 aliphatic rings. The van der Waals surface area contributed by atoms with Crippen LogP contribution in [0.3, 0.4) is 0 Å². The van der Waals surface area contributed by atoms with E-state index < -0.39 is 3.55 Å². The van der Waals surface area contributed by atoms with Gasteiger partial charge in [-0.25, -0.2) is 4.98 Å². The van der Waals surface area contributed by atoms with E-state index in [1.54, 1.807) is 4.57 Å². The summed E-state index contributed by atoms with van der Waals surface area (Å²) >= 11 is 7.08. The van der Waals surface area contributed by atoms with Gasteiger partial charge in [0.2, 0.25) is 0 Å². The van der Waals surface area contributed by atoms with Crippen molar-refractivity contribution in [2.75, 3.05) is 27.2 Å². The third kappa shape index (κ3) is 6.28. The highest BCUT2D eigenvalue weighted by atomic mass is 127. The molecule has 10 heteroatoms. The molecule has 2 heterocycles. The average molecular weight is 722 g/mol. The van der Waals surface area contributed by atoms with Gasteiger partial charge in [-0.05, 0) is 104 Å². The minimum atomic E-state index is -0.908. The van der Waals surface area contributed by atoms with Crippen molar-refractivity contribution in [3.8, 4) is 0 Å². The van der Waals surface area contributed by atoms with Crippen LogP contribution in [0.15, 0.2) is 63.9 Å². The molecule has 1 atom stereocenters. The van der Waals surface area contributed by atoms with Crippen molar-refractivity contribution in [1.29, 1.82) is 0 Å². The van der Waals surface area contributed by atoms with Crippen LogP contribution in [0.25, 0.3) is 10.2 Å². The Balaban J connectivity index is 1.95. The van der Waals surface area contributed by atoms with Gasteiger partial charge in [-0.2, -0.15) is 4.37 Å². The van der Waals surface area contributed by atoms with E-state index in [4.69, 9.17) is 4.98 Å². The molecule has 0 bridgehead atoms. The summed E-state index contributed by atoms with van der Waals surface area (Å²) in [5, 5.41) is 0.542. The van der Waals surface area contributed by atoms with Crippen LogP contribution < -0.4 is 5.56 Å². The fraction of sp³-hybridized carbons (Fsp3) is 0.379. The second-order valence-corrected chi connectivity index (χ2v) is 13.5. The van der Waals surface area contributed by atoms with Crippen molar-refractivity contribution < 1.29 is 4.79 Å². The fourth-order valence-corrected chi connectivity index (χ4v) is 6.55. The summed E-state index contributed by atoms with van der Waals surface area (Å²) in [6.07, 6.45) is 0.775. The maximum Gasteiger partial charge on any atom is 0.264 e. The van der Waals surface area contributed by atoms with Gasteiger partial charge in [0.25, 0.3) is 11.5 Å². The number of nitrogens with zero attached hydrogens (tertiary/aromatic N) is 5. The van der Waals surface area contributed by atoms with Gasteiger partial charge in [-0.1, -0.05) is 60.1 Å². The summed E-state index contributed by atoms with van der Waals surface area (Å²) in [6, 6.07) is 17.3. The van der Waals surface area contributed by atoms with Crippen molar-refractivity contribution in [3.63, 3.8) is 0 Å². The molecular weight excluding hydrogens is 689 g/mol. The lowest BCUT2D eigenvalue weighted by Crippen LogP contribution is -2.52. The number of rotatable bonds is 10. The molecule has 1 amide bonds. The third-order valence-corrected chi connectivity index (χ3v) is 10.4. The lowest BCUT2D eigenvalue weighted by Gasteiger charge is -2.43. The van der Waals surface area contributed by atoms with Gasteiger partial charge in [0.05, 0.1) is 17.6 Å². The first kappa shape index (κ1) is 29.8. The van der Waals surface area contributed by atoms with E-state index in [2.05, 4.69) is 61.6 Å². The van der Waals surface area contributed by atoms with Crippen molar-refractivity contribution in [1.82, 2.24) is 23.7 Å². The normalized spacial score (nSPS) is 13.3. The van der Waals surface area contributed by atoms with E-state index in [0.29, 0.717) is 40.4 Å². The zero-order valence-electron chi connectivity index (χ0n) is 22.8. The number of benzene rings is 2. The highest BCUT2D eigenvalue weighted by Gasteiger charge is 2.46. The highest BCUT2D eigenvalue weighted by molar-refractivity contribution is 14.1. The van der Waals surface area contributed by atoms with Gasteiger partial charge in [-0.15, -0.1) is 0 Å². The van der Waals surface area contributed by atoms with Crippen LogP contribution in [-0.4, -0.2) is 56.8 Å². The van der Waals surface area contributed by atoms with Crippen LogP contribution >= 0.6 is 50.1 Å². The van der Waals surface area contributed by atoms with Crippen LogP contribution in [0, 0.1) is 12.8 Å². The minimum Gasteiger partial charge on any atom is -0.317 e. The molecule has 4 rings (SSSR count). The number of aryl methyl sites for hydroxylation is 1. The Morgan fingerprint density at radius 1 is 1.10 bits per heavy atom. The molecule has 2 aromatic heterocycles. The van der Waals surface area contributed by atoms with E-state index in [9.17, 15) is 9.59 Å². The Kier molecular flexibility index (Phi) is 9.61. The lowest BCUT2D eigenvalue weighted by molar-refractivity contribution is 0.0560. The molecule has 7 nitrogen and oxygen atoms in total. The van der Waals surface area contributed by atoms with Gasteiger partial charge >= 0.3 is 0 Å². The largest absolute Gasteiger partial charge is 0.317 e. The van der Waals surface area contributed by atoms with Crippen LogP contribution in [0.2, 0.25) is 0 Å². The fourth-order valence-electron chi connectivity index (χ4n) is 4.64. The molecule has 0 saturated carbocycles. The minimum absolute atomic E-state index is 0.0581. The van der Waals surface area contributed by atoms with Crippen LogP contribution in [0.1, 0.15) is 47.7 Å². The molecule has 0 aliphatic heterocycles. The van der Waals surface area contributed by atoms with Crippen LogP contribution in [0.5, 0.6) is 0 Å². The second kappa shape index (κ2) is 12.6. The molecule has 0 fully saturated rings. The number of hydrogen-bond donors (Lipinski definition) is 0. The molecule has 1 unspecified atom stereocenters. The third-order valence-electron chi connectivity index (χ3n) is 6.75. The second-order valence-electron chi connectivity index (χ2n) is 10.2. The zero-order chi connectivity index (χ0) is 28.3. The first-order valence-corrected chi connectivity index (χ1v) is 15.5. The summed E-state index contributed by atoms with van der Waals surface area (Å²) in [5.74, 6) is 0.418. The zero-order valence-corrected chi connectivity index (χ0v) is 27.4. The van der Waals surface area contributed by atoms with E-state index in [1.165, 1.54) is 11.5 Å². The first-order valence-electron chi connectivity index (χ1n) is 12.9. The molecular formula is C29H33BrIN5O2S. The van der Waals surface area contributed by atoms with Crippen molar-refractivity contribution in [2.45, 2.75) is 37.3 Å². The number of hydrogen-bond acceptors (Lipinski definition) is 6. The van der Waals surface area contributed by atoms with Gasteiger partial charge in [0, 0.05) is 16.6 Å². The highest BCUT2D eigenvalue weighted by Crippen LogP contribution is 2.43. The first-order chi connectivity index (χ1) is 18.5. The van der Waals surface area contributed by atoms with Gasteiger partial charge in [0.15, 0.2) is 8.38 Å². The van der Waals surface area contributed by atoms with E-state index in [0.717, 1.165) is 23.0 Å². The maximum absolute atomic E-state index is 14.2. The van der Waals surface area contributed by atoms with Gasteiger partial charge in [-0.3, -0.25) is 14.2 Å². The number of fused-ring (bicyclic) bond motifs is 1. The standard InChI is InChI=1S/C29H33BrIN5O2S/c1-19(2)29(31,36(17-9-16-34(4)5)26(37)22-12-14-23(30)15-13-22)28-32-25-24(20(3)33-39-25)27(38)35(28)18-21-10-7-6-8-11-21/h6-8,10-15,19H,9,16-18H2,1-5H3. The van der Waals surface area contributed by atoms with Crippen molar-refractivity contribution in [3.05, 3.63) is 92.1 Å². The SMILES string of the molecule is Cc1nsc2nc(C(I)(C(C)C)N(CCCN(C)C)C(=O)c3ccc(Br)cc3)n(Cc3ccccc3)c(=O)c12. The molecule has 2 aromatic carbocycles. The van der Waals surface area contributed by atoms with E-state index in [1.807, 2.05) is 80.5 Å². The summed E-state index contributed by atoms with van der Waals surface area (Å²) in [4.78, 5) is 38.0. The van der Waals surface area contributed by atoms with Gasteiger partial charge in [0.1, 0.15) is 5.82 Å². The van der Waals surface area contributed by atoms with Crippen molar-refractivity contribution >= 4 is 66.2 Å². The van der Waals surface area contributed by atoms with Crippen LogP contribution in [0.4, 0.5) is 0 Å². The van der Waals surface area contributed by atoms with Gasteiger partial charge < -0.3 is 9.80 Å². The molecule has 0 spiro atoms. The molecule has 0 saturated heterocycles. The predicted molar refractivity (Wildman–Crippen MR) is 171 cm³/mol. The molecule has 4 aromatic rings. The van der Waals surface area contributed by atoms with E-state index in [-0.39, 0.29) is 17.4 Å². The number of alkyl halides is 1. The number of aromatic nitrogens is 3. The monoisotopic (exact) mass is 721 g/mol. The maximum atomic E-state index is 14.2. The molecule has 0 aliphatic carbocycles. The summed E-state index contributed by atoms with van der Waals surface area (Å²) in [5.41, 5.74) is 2.13. The number of amides is 1. The smallest absolute Gasteiger partial charge is 0.264 e. The predicted octanol–water partition coefficient (Wildman–Crippen LogP) is 6.31. The number of halogens is 2. The molecule has 206 valence electrons. The quantitative estimate of drug-likeness (QED) is 0.109. The topological polar surface area (TPSA) is 71.3 Å². The number of carbonyl (C=O) groups excluding carboxylic acids is 1. The molecule has 0 radical (unpaired) electrons. The summed E-state index contributed by atoms with van der Waals surface area (Å²) < 4.78 is 6.20. The summed E-state index contributed by atoms with van der Waals surface area (Å²) in [6.45, 7) is 7.70. The lowest BCUT2D eigenvalue weighted by atomic mass is 9.98. The number of carbonyl (C=O) groups is 1. The van der Waals surface area contributed by atoms with Crippen molar-refractivity contribution in [2.24, 2.45) is 5.92 Å². The summed E-state index contributed by atoms with van der Waals surface area (Å²) in [7, 11) is 4.06. The Hall–Kier alpha value is -2.15. The van der Waals surface area contributed by atoms with E-state index >= 15 is 0 Å². The molecule has 0 N–H and O–H groups in total. The Bertz CT molecular complexity index is 1500. The Labute approximate surface area is 255 Å². The average Bonchev–Trinajstić information content (AvgIpc) is 3.28. The van der Waals surface area contributed by atoms with Crippen LogP contribution in [-0.2, 0) is 10.1 Å². The Morgan fingerprint density at radius 2 is 1.77 bits per heavy atom. The Morgan fingerprint density at radius 3 is 2.38 bits per heavy atom.